The zero-order valence-electron chi connectivity index (χ0n) is 19.5. The molecule has 5 rings (SSSR count). The summed E-state index contributed by atoms with van der Waals surface area (Å²) in [5.41, 5.74) is 1.00. The van der Waals surface area contributed by atoms with Gasteiger partial charge in [-0.15, -0.1) is 0 Å². The molecule has 35 heavy (non-hydrogen) atoms. The number of hydrogen-bond acceptors (Lipinski definition) is 5. The van der Waals surface area contributed by atoms with Crippen LogP contribution in [0.1, 0.15) is 13.8 Å². The predicted molar refractivity (Wildman–Crippen MR) is 142 cm³/mol. The van der Waals surface area contributed by atoms with E-state index in [9.17, 15) is 9.90 Å². The zero-order chi connectivity index (χ0) is 24.9. The first-order chi connectivity index (χ1) is 16.8. The van der Waals surface area contributed by atoms with Crippen LogP contribution in [0, 0.1) is 11.7 Å². The number of rotatable bonds is 4. The van der Waals surface area contributed by atoms with Gasteiger partial charge < -0.3 is 14.9 Å². The van der Waals surface area contributed by atoms with Crippen molar-refractivity contribution in [3.05, 3.63) is 66.0 Å². The number of halogens is 2. The lowest BCUT2D eigenvalue weighted by atomic mass is 9.96. The third-order valence-corrected chi connectivity index (χ3v) is 7.90. The Labute approximate surface area is 212 Å². The van der Waals surface area contributed by atoms with Crippen molar-refractivity contribution in [2.24, 2.45) is 5.92 Å². The van der Waals surface area contributed by atoms with E-state index in [0.717, 1.165) is 15.8 Å². The van der Waals surface area contributed by atoms with Gasteiger partial charge >= 0.3 is 0 Å². The number of aromatic nitrogens is 1. The van der Waals surface area contributed by atoms with Crippen LogP contribution in [0.4, 0.5) is 9.39 Å². The largest absolute Gasteiger partial charge is 0.508 e. The Morgan fingerprint density at radius 1 is 1.26 bits per heavy atom. The lowest BCUT2D eigenvalue weighted by Gasteiger charge is -2.43. The van der Waals surface area contributed by atoms with Crippen LogP contribution in [-0.2, 0) is 4.79 Å². The first-order valence-electron chi connectivity index (χ1n) is 11.5. The van der Waals surface area contributed by atoms with Crippen molar-refractivity contribution < 1.29 is 14.3 Å². The highest BCUT2D eigenvalue weighted by atomic mass is 35.5. The molecule has 0 saturated carbocycles. The van der Waals surface area contributed by atoms with E-state index in [1.807, 2.05) is 24.3 Å². The van der Waals surface area contributed by atoms with Crippen LogP contribution >= 0.6 is 23.1 Å². The van der Waals surface area contributed by atoms with Gasteiger partial charge in [-0.2, -0.15) is 4.37 Å². The molecule has 1 N–H and O–H groups in total. The number of carbonyl (C=O) groups is 1. The van der Waals surface area contributed by atoms with E-state index < -0.39 is 5.82 Å². The summed E-state index contributed by atoms with van der Waals surface area (Å²) in [6, 6.07) is 12.5. The molecule has 1 fully saturated rings. The quantitative estimate of drug-likeness (QED) is 0.320. The van der Waals surface area contributed by atoms with Crippen molar-refractivity contribution in [1.29, 1.82) is 0 Å². The van der Waals surface area contributed by atoms with Gasteiger partial charge in [0.25, 0.3) is 0 Å². The van der Waals surface area contributed by atoms with Crippen molar-refractivity contribution in [2.45, 2.75) is 19.9 Å². The fourth-order valence-corrected chi connectivity index (χ4v) is 6.15. The van der Waals surface area contributed by atoms with E-state index in [1.54, 1.807) is 17.0 Å². The molecular weight excluding hydrogens is 485 g/mol. The molecule has 0 aliphatic carbocycles. The Kier molecular flexibility index (Phi) is 6.15. The molecule has 1 amide bonds. The van der Waals surface area contributed by atoms with Crippen molar-refractivity contribution in [2.75, 3.05) is 24.5 Å². The second kappa shape index (κ2) is 9.13. The molecule has 1 aliphatic rings. The number of phenolic OH excluding ortho intramolecular Hbond substituents is 1. The number of amides is 1. The molecular formula is C27H25ClFN3O2S. The second-order valence-electron chi connectivity index (χ2n) is 9.14. The molecule has 8 heteroatoms. The van der Waals surface area contributed by atoms with Gasteiger partial charge in [0.15, 0.2) is 5.82 Å². The van der Waals surface area contributed by atoms with Gasteiger partial charge in [-0.25, -0.2) is 4.39 Å². The maximum absolute atomic E-state index is 16.0. The third kappa shape index (κ3) is 4.02. The summed E-state index contributed by atoms with van der Waals surface area (Å²) in [6.07, 6.45) is 1.34. The monoisotopic (exact) mass is 509 g/mol. The van der Waals surface area contributed by atoms with Crippen molar-refractivity contribution in [1.82, 2.24) is 9.27 Å². The highest BCUT2D eigenvalue weighted by Crippen LogP contribution is 2.44. The summed E-state index contributed by atoms with van der Waals surface area (Å²) < 4.78 is 20.5. The number of piperazine rings is 1. The molecule has 0 bridgehead atoms. The van der Waals surface area contributed by atoms with E-state index in [1.165, 1.54) is 23.7 Å². The topological polar surface area (TPSA) is 56.7 Å². The zero-order valence-corrected chi connectivity index (χ0v) is 21.0. The number of hydrogen-bond donors (Lipinski definition) is 1. The molecule has 2 heterocycles. The van der Waals surface area contributed by atoms with E-state index in [4.69, 9.17) is 11.6 Å². The van der Waals surface area contributed by atoms with Gasteiger partial charge in [-0.05, 0) is 58.1 Å². The smallest absolute Gasteiger partial charge is 0.246 e. The molecule has 5 nitrogen and oxygen atoms in total. The van der Waals surface area contributed by atoms with Crippen LogP contribution in [0.25, 0.3) is 32.8 Å². The number of fused-ring (bicyclic) bond motifs is 2. The molecule has 1 atom stereocenters. The van der Waals surface area contributed by atoms with Crippen molar-refractivity contribution in [3.63, 3.8) is 0 Å². The molecule has 0 radical (unpaired) electrons. The predicted octanol–water partition coefficient (Wildman–Crippen LogP) is 6.47. The van der Waals surface area contributed by atoms with Gasteiger partial charge in [-0.1, -0.05) is 56.3 Å². The minimum Gasteiger partial charge on any atom is -0.508 e. The van der Waals surface area contributed by atoms with Gasteiger partial charge in [0.2, 0.25) is 5.91 Å². The number of benzene rings is 3. The molecule has 1 saturated heterocycles. The molecule has 4 aromatic rings. The van der Waals surface area contributed by atoms with E-state index in [2.05, 4.69) is 29.7 Å². The molecule has 0 spiro atoms. The average Bonchev–Trinajstić information content (AvgIpc) is 3.26. The van der Waals surface area contributed by atoms with Gasteiger partial charge in [0.05, 0.1) is 5.02 Å². The first-order valence-corrected chi connectivity index (χ1v) is 12.6. The van der Waals surface area contributed by atoms with Crippen LogP contribution in [0.5, 0.6) is 5.75 Å². The SMILES string of the molecule is C=CC(=O)N1CCN(c2snc3c(F)c(-c4cc(O)cc5ccccc45)c(Cl)cc23)C(C(C)C)C1. The Morgan fingerprint density at radius 3 is 2.77 bits per heavy atom. The molecule has 180 valence electrons. The van der Waals surface area contributed by atoms with Crippen molar-refractivity contribution >= 4 is 55.7 Å². The fraction of sp³-hybridized carbons (Fsp3) is 0.259. The van der Waals surface area contributed by atoms with Crippen LogP contribution in [0.3, 0.4) is 0 Å². The highest BCUT2D eigenvalue weighted by molar-refractivity contribution is 7.11. The Morgan fingerprint density at radius 2 is 2.03 bits per heavy atom. The fourth-order valence-electron chi connectivity index (χ4n) is 4.92. The summed E-state index contributed by atoms with van der Waals surface area (Å²) in [4.78, 5) is 16.2. The number of anilines is 1. The lowest BCUT2D eigenvalue weighted by Crippen LogP contribution is -2.56. The molecule has 1 aromatic heterocycles. The van der Waals surface area contributed by atoms with Gasteiger partial charge in [0, 0.05) is 36.6 Å². The highest BCUT2D eigenvalue weighted by Gasteiger charge is 2.33. The lowest BCUT2D eigenvalue weighted by molar-refractivity contribution is -0.126. The number of carbonyl (C=O) groups excluding carboxylic acids is 1. The average molecular weight is 510 g/mol. The Hall–Kier alpha value is -3.16. The Balaban J connectivity index is 1.63. The van der Waals surface area contributed by atoms with Gasteiger partial charge in [-0.3, -0.25) is 4.79 Å². The van der Waals surface area contributed by atoms with E-state index in [-0.39, 0.29) is 39.7 Å². The standard InChI is InChI=1S/C27H25ClFN3O2S/c1-4-23(34)31-9-10-32(22(14-31)15(2)3)27-20-13-21(28)24(25(29)26(20)30-35-27)19-12-17(33)11-16-7-5-6-8-18(16)19/h4-8,11-13,15,22,33H,1,9-10,14H2,2-3H3. The third-order valence-electron chi connectivity index (χ3n) is 6.70. The summed E-state index contributed by atoms with van der Waals surface area (Å²) in [5.74, 6) is -0.292. The van der Waals surface area contributed by atoms with Crippen LogP contribution in [0.2, 0.25) is 5.02 Å². The number of phenols is 1. The summed E-state index contributed by atoms with van der Waals surface area (Å²) >= 11 is 7.96. The van der Waals surface area contributed by atoms with Crippen LogP contribution < -0.4 is 4.90 Å². The molecule has 1 unspecified atom stereocenters. The maximum Gasteiger partial charge on any atom is 0.246 e. The first kappa shape index (κ1) is 23.6. The maximum atomic E-state index is 16.0. The van der Waals surface area contributed by atoms with Gasteiger partial charge in [0.1, 0.15) is 16.3 Å². The molecule has 1 aliphatic heterocycles. The summed E-state index contributed by atoms with van der Waals surface area (Å²) in [7, 11) is 0. The minimum atomic E-state index is -0.507. The van der Waals surface area contributed by atoms with Crippen molar-refractivity contribution in [3.8, 4) is 16.9 Å². The van der Waals surface area contributed by atoms with Crippen LogP contribution in [-0.4, -0.2) is 46.0 Å². The van der Waals surface area contributed by atoms with E-state index in [0.29, 0.717) is 30.6 Å². The number of aromatic hydroxyl groups is 1. The van der Waals surface area contributed by atoms with E-state index >= 15 is 4.39 Å². The molecule has 3 aromatic carbocycles. The minimum absolute atomic E-state index is 0.0416. The summed E-state index contributed by atoms with van der Waals surface area (Å²) in [5, 5.41) is 13.6. The Bertz CT molecular complexity index is 1470. The summed E-state index contributed by atoms with van der Waals surface area (Å²) in [6.45, 7) is 9.56. The second-order valence-corrected chi connectivity index (χ2v) is 10.3. The number of nitrogens with zero attached hydrogens (tertiary/aromatic N) is 3. The van der Waals surface area contributed by atoms with Crippen LogP contribution in [0.15, 0.2) is 55.1 Å². The normalized spacial score (nSPS) is 16.4.